The molecule has 0 saturated carbocycles. The number of halogens is 3. The summed E-state index contributed by atoms with van der Waals surface area (Å²) in [6, 6.07) is 14.6. The number of nitrogens with zero attached hydrogens (tertiary/aromatic N) is 5. The first-order valence-electron chi connectivity index (χ1n) is 13.6. The lowest BCUT2D eigenvalue weighted by molar-refractivity contribution is 0.102. The molecule has 0 radical (unpaired) electrons. The van der Waals surface area contributed by atoms with Crippen molar-refractivity contribution in [3.05, 3.63) is 105 Å². The second-order valence-electron chi connectivity index (χ2n) is 10.4. The molecule has 3 N–H and O–H groups in total. The van der Waals surface area contributed by atoms with Gasteiger partial charge in [0.1, 0.15) is 22.5 Å². The molecule has 2 aromatic carbocycles. The number of nitrogens with two attached hydrogens (primary N) is 1. The van der Waals surface area contributed by atoms with Gasteiger partial charge in [0.2, 0.25) is 5.95 Å². The first kappa shape index (κ1) is 28.4. The number of aromatic nitrogens is 4. The molecule has 3 aromatic heterocycles. The molecule has 1 saturated heterocycles. The highest BCUT2D eigenvalue weighted by Gasteiger charge is 2.24. The molecule has 1 aliphatic rings. The topological polar surface area (TPSA) is 119 Å². The Morgan fingerprint density at radius 1 is 1.02 bits per heavy atom. The summed E-state index contributed by atoms with van der Waals surface area (Å²) in [5.74, 6) is -1.90. The molecule has 0 aliphatic carbocycles. The predicted octanol–water partition coefficient (Wildman–Crippen LogP) is 5.26. The number of pyridine rings is 2. The lowest BCUT2D eigenvalue weighted by Crippen LogP contribution is -2.40. The molecule has 9 nitrogen and oxygen atoms in total. The number of carbonyl (C=O) groups excluding carboxylic acids is 1. The van der Waals surface area contributed by atoms with E-state index in [4.69, 9.17) is 27.3 Å². The van der Waals surface area contributed by atoms with Crippen LogP contribution in [0.25, 0.3) is 28.0 Å². The van der Waals surface area contributed by atoms with Crippen molar-refractivity contribution in [1.82, 2.24) is 19.5 Å². The molecule has 6 rings (SSSR count). The van der Waals surface area contributed by atoms with Crippen LogP contribution in [0.4, 0.5) is 20.4 Å². The SMILES string of the molecule is Cc1ccc(NC(=O)c2ccc(Cl)nc2)cc1-c1nc(N2CCC(N)CC2)nc2c1ccc(=O)n2-c1c(F)cccc1F. The van der Waals surface area contributed by atoms with Gasteiger partial charge >= 0.3 is 0 Å². The molecule has 1 aliphatic heterocycles. The van der Waals surface area contributed by atoms with Crippen LogP contribution in [0.15, 0.2) is 71.7 Å². The van der Waals surface area contributed by atoms with Gasteiger partial charge in [-0.15, -0.1) is 0 Å². The molecule has 5 aromatic rings. The lowest BCUT2D eigenvalue weighted by Gasteiger charge is -2.30. The zero-order chi connectivity index (χ0) is 30.2. The fourth-order valence-electron chi connectivity index (χ4n) is 5.14. The van der Waals surface area contributed by atoms with E-state index in [1.165, 1.54) is 24.4 Å². The van der Waals surface area contributed by atoms with Crippen molar-refractivity contribution in [3.63, 3.8) is 0 Å². The number of aryl methyl sites for hydroxylation is 1. The maximum absolute atomic E-state index is 15.0. The summed E-state index contributed by atoms with van der Waals surface area (Å²) in [4.78, 5) is 41.6. The Morgan fingerprint density at radius 3 is 2.47 bits per heavy atom. The molecule has 43 heavy (non-hydrogen) atoms. The number of amides is 1. The molecule has 1 amide bonds. The van der Waals surface area contributed by atoms with Gasteiger partial charge in [-0.25, -0.2) is 18.7 Å². The summed E-state index contributed by atoms with van der Waals surface area (Å²) in [6.45, 7) is 3.02. The molecule has 0 bridgehead atoms. The number of rotatable bonds is 5. The summed E-state index contributed by atoms with van der Waals surface area (Å²) in [7, 11) is 0. The van der Waals surface area contributed by atoms with Crippen LogP contribution in [0, 0.1) is 18.6 Å². The summed E-state index contributed by atoms with van der Waals surface area (Å²) >= 11 is 5.86. The minimum Gasteiger partial charge on any atom is -0.341 e. The quantitative estimate of drug-likeness (QED) is 0.264. The van der Waals surface area contributed by atoms with Gasteiger partial charge in [0.15, 0.2) is 5.65 Å². The molecule has 1 fully saturated rings. The third-order valence-corrected chi connectivity index (χ3v) is 7.69. The van der Waals surface area contributed by atoms with E-state index in [0.29, 0.717) is 59.8 Å². The van der Waals surface area contributed by atoms with Crippen molar-refractivity contribution in [2.45, 2.75) is 25.8 Å². The Balaban J connectivity index is 1.55. The average Bonchev–Trinajstić information content (AvgIpc) is 2.99. The normalized spacial score (nSPS) is 13.8. The maximum atomic E-state index is 15.0. The van der Waals surface area contributed by atoms with Gasteiger partial charge in [0.05, 0.1) is 11.3 Å². The average molecular weight is 602 g/mol. The number of nitrogens with one attached hydrogen (secondary N) is 1. The second-order valence-corrected chi connectivity index (χ2v) is 10.8. The summed E-state index contributed by atoms with van der Waals surface area (Å²) in [5.41, 5.74) is 7.67. The van der Waals surface area contributed by atoms with Crippen molar-refractivity contribution in [2.24, 2.45) is 5.73 Å². The Morgan fingerprint density at radius 2 is 1.77 bits per heavy atom. The van der Waals surface area contributed by atoms with Crippen LogP contribution in [-0.2, 0) is 0 Å². The standard InChI is InChI=1S/C31H26ClF2N7O2/c1-17-5-7-20(37-30(43)18-6-9-25(32)36-16-18)15-22(17)27-21-8-10-26(42)41(28-23(33)3-2-4-24(28)34)29(21)39-31(38-27)40-13-11-19(35)12-14-40/h2-10,15-16,19H,11-14,35H2,1H3,(H,37,43). The van der Waals surface area contributed by atoms with E-state index < -0.39 is 22.9 Å². The van der Waals surface area contributed by atoms with E-state index >= 15 is 8.78 Å². The predicted molar refractivity (Wildman–Crippen MR) is 162 cm³/mol. The number of hydrogen-bond donors (Lipinski definition) is 2. The highest BCUT2D eigenvalue weighted by atomic mass is 35.5. The molecule has 0 unspecified atom stereocenters. The van der Waals surface area contributed by atoms with Crippen LogP contribution in [0.5, 0.6) is 0 Å². The Kier molecular flexibility index (Phi) is 7.59. The van der Waals surface area contributed by atoms with Crippen molar-refractivity contribution in [2.75, 3.05) is 23.3 Å². The number of fused-ring (bicyclic) bond motifs is 1. The lowest BCUT2D eigenvalue weighted by atomic mass is 10.0. The van der Waals surface area contributed by atoms with Crippen LogP contribution >= 0.6 is 11.6 Å². The smallest absolute Gasteiger partial charge is 0.257 e. The summed E-state index contributed by atoms with van der Waals surface area (Å²) in [6.07, 6.45) is 2.79. The highest BCUT2D eigenvalue weighted by molar-refractivity contribution is 6.29. The number of carbonyl (C=O) groups is 1. The largest absolute Gasteiger partial charge is 0.341 e. The Bertz CT molecular complexity index is 1900. The number of anilines is 2. The third kappa shape index (κ3) is 5.56. The fraction of sp³-hybridized carbons (Fsp3) is 0.194. The van der Waals surface area contributed by atoms with Crippen LogP contribution in [0.2, 0.25) is 5.15 Å². The Hall–Kier alpha value is -4.74. The first-order valence-corrected chi connectivity index (χ1v) is 14.0. The molecule has 4 heterocycles. The number of benzene rings is 2. The van der Waals surface area contributed by atoms with E-state index in [-0.39, 0.29) is 22.7 Å². The van der Waals surface area contributed by atoms with Gasteiger partial charge in [-0.3, -0.25) is 14.2 Å². The summed E-state index contributed by atoms with van der Waals surface area (Å²) in [5, 5.41) is 3.53. The van der Waals surface area contributed by atoms with E-state index in [1.54, 1.807) is 24.3 Å². The summed E-state index contributed by atoms with van der Waals surface area (Å²) < 4.78 is 31.0. The second kappa shape index (κ2) is 11.5. The van der Waals surface area contributed by atoms with Gasteiger partial charge in [-0.05, 0) is 67.8 Å². The molecule has 0 spiro atoms. The first-order chi connectivity index (χ1) is 20.7. The van der Waals surface area contributed by atoms with Gasteiger partial charge in [-0.1, -0.05) is 23.7 Å². The Labute approximate surface area is 250 Å². The van der Waals surface area contributed by atoms with E-state index in [0.717, 1.165) is 22.3 Å². The maximum Gasteiger partial charge on any atom is 0.257 e. The zero-order valence-corrected chi connectivity index (χ0v) is 23.8. The van der Waals surface area contributed by atoms with Crippen LogP contribution < -0.4 is 21.5 Å². The molecule has 12 heteroatoms. The molecule has 0 atom stereocenters. The number of hydrogen-bond acceptors (Lipinski definition) is 7. The molecule has 218 valence electrons. The fourth-order valence-corrected chi connectivity index (χ4v) is 5.25. The van der Waals surface area contributed by atoms with Gasteiger partial charge in [0.25, 0.3) is 11.5 Å². The van der Waals surface area contributed by atoms with Crippen LogP contribution in [0.1, 0.15) is 28.8 Å². The van der Waals surface area contributed by atoms with Gasteiger partial charge in [-0.2, -0.15) is 4.98 Å². The van der Waals surface area contributed by atoms with Crippen molar-refractivity contribution >= 4 is 40.2 Å². The van der Waals surface area contributed by atoms with Crippen LogP contribution in [0.3, 0.4) is 0 Å². The molecular weight excluding hydrogens is 576 g/mol. The van der Waals surface area contributed by atoms with Gasteiger partial charge < -0.3 is 16.0 Å². The monoisotopic (exact) mass is 601 g/mol. The van der Waals surface area contributed by atoms with E-state index in [9.17, 15) is 9.59 Å². The third-order valence-electron chi connectivity index (χ3n) is 7.46. The van der Waals surface area contributed by atoms with Crippen molar-refractivity contribution < 1.29 is 13.6 Å². The number of piperidine rings is 1. The van der Waals surface area contributed by atoms with E-state index in [1.807, 2.05) is 17.9 Å². The minimum absolute atomic E-state index is 0.0419. The van der Waals surface area contributed by atoms with Crippen molar-refractivity contribution in [1.29, 1.82) is 0 Å². The minimum atomic E-state index is -0.905. The highest BCUT2D eigenvalue weighted by Crippen LogP contribution is 2.34. The molecular formula is C31H26ClF2N7O2. The van der Waals surface area contributed by atoms with Gasteiger partial charge in [0, 0.05) is 48.0 Å². The number of para-hydroxylation sites is 1. The zero-order valence-electron chi connectivity index (χ0n) is 23.0. The van der Waals surface area contributed by atoms with Crippen molar-refractivity contribution in [3.8, 4) is 16.9 Å². The van der Waals surface area contributed by atoms with E-state index in [2.05, 4.69) is 10.3 Å². The van der Waals surface area contributed by atoms with Crippen LogP contribution in [-0.4, -0.2) is 44.6 Å².